The van der Waals surface area contributed by atoms with Crippen LogP contribution in [0.15, 0.2) is 42.5 Å². The van der Waals surface area contributed by atoms with E-state index in [4.69, 9.17) is 9.47 Å². The maximum absolute atomic E-state index is 13.6. The van der Waals surface area contributed by atoms with Gasteiger partial charge in [-0.2, -0.15) is 0 Å². The first kappa shape index (κ1) is 24.5. The lowest BCUT2D eigenvalue weighted by atomic mass is 9.73. The number of carbonyl (C=O) groups is 3. The molecule has 2 aromatic carbocycles. The largest absolute Gasteiger partial charge is 0.465 e. The first-order chi connectivity index (χ1) is 15.6. The molecule has 2 aromatic rings. The van der Waals surface area contributed by atoms with E-state index in [-0.39, 0.29) is 29.5 Å². The molecule has 0 saturated heterocycles. The Morgan fingerprint density at radius 2 is 1.73 bits per heavy atom. The van der Waals surface area contributed by atoms with E-state index in [0.717, 1.165) is 23.1 Å². The number of quaternary nitrogens is 1. The molecule has 0 radical (unpaired) electrons. The highest BCUT2D eigenvalue weighted by Crippen LogP contribution is 2.42. The minimum absolute atomic E-state index is 0.0665. The van der Waals surface area contributed by atoms with Crippen molar-refractivity contribution in [1.29, 1.82) is 0 Å². The fourth-order valence-corrected chi connectivity index (χ4v) is 4.51. The molecule has 1 fully saturated rings. The Kier molecular flexibility index (Phi) is 7.22. The third-order valence-electron chi connectivity index (χ3n) is 6.65. The van der Waals surface area contributed by atoms with Crippen LogP contribution in [0.25, 0.3) is 0 Å². The molecule has 0 spiro atoms. The van der Waals surface area contributed by atoms with Crippen LogP contribution in [0.3, 0.4) is 0 Å². The number of aryl methyl sites for hydroxylation is 2. The predicted molar refractivity (Wildman–Crippen MR) is 126 cm³/mol. The number of amides is 1. The molecule has 0 atom stereocenters. The summed E-state index contributed by atoms with van der Waals surface area (Å²) in [6, 6.07) is 13.1. The number of ether oxygens (including phenoxy) is 2. The number of esters is 2. The molecule has 1 saturated carbocycles. The maximum atomic E-state index is 13.6. The van der Waals surface area contributed by atoms with Crippen molar-refractivity contribution in [3.8, 4) is 0 Å². The summed E-state index contributed by atoms with van der Waals surface area (Å²) in [5, 5.41) is 2.99. The number of benzene rings is 2. The standard InChI is InChI=1S/C26H32N2O5/c1-18-14-19(2)23(21(15-18)24(30)32-5)27-25(31)26(12-9-13-26)28(3,4)16-22(29)33-17-20-10-7-6-8-11-20/h6-8,10-11,14-15H,9,12-13,16-17H2,1-5H3/p+1. The topological polar surface area (TPSA) is 81.7 Å². The molecule has 7 nitrogen and oxygen atoms in total. The van der Waals surface area contributed by atoms with Crippen LogP contribution in [0.2, 0.25) is 0 Å². The van der Waals surface area contributed by atoms with Crippen LogP contribution in [0.4, 0.5) is 5.69 Å². The molecule has 1 N–H and O–H groups in total. The average Bonchev–Trinajstić information content (AvgIpc) is 2.72. The second-order valence-electron chi connectivity index (χ2n) is 9.32. The van der Waals surface area contributed by atoms with Gasteiger partial charge < -0.3 is 19.3 Å². The van der Waals surface area contributed by atoms with Crippen LogP contribution in [-0.2, 0) is 25.7 Å². The van der Waals surface area contributed by atoms with Crippen LogP contribution in [0.5, 0.6) is 0 Å². The van der Waals surface area contributed by atoms with Gasteiger partial charge in [0.25, 0.3) is 5.91 Å². The highest BCUT2D eigenvalue weighted by molar-refractivity contribution is 6.05. The zero-order valence-corrected chi connectivity index (χ0v) is 20.1. The molecule has 0 bridgehead atoms. The first-order valence-electron chi connectivity index (χ1n) is 11.1. The van der Waals surface area contributed by atoms with Crippen LogP contribution < -0.4 is 5.32 Å². The van der Waals surface area contributed by atoms with Crippen LogP contribution in [0, 0.1) is 13.8 Å². The van der Waals surface area contributed by atoms with E-state index in [1.54, 1.807) is 6.07 Å². The predicted octanol–water partition coefficient (Wildman–Crippen LogP) is 3.77. The van der Waals surface area contributed by atoms with Gasteiger partial charge in [-0.25, -0.2) is 9.59 Å². The Labute approximate surface area is 195 Å². The summed E-state index contributed by atoms with van der Waals surface area (Å²) in [6.45, 7) is 4.00. The van der Waals surface area contributed by atoms with E-state index in [0.29, 0.717) is 24.1 Å². The monoisotopic (exact) mass is 453 g/mol. The Balaban J connectivity index is 1.77. The number of rotatable bonds is 8. The summed E-state index contributed by atoms with van der Waals surface area (Å²) in [4.78, 5) is 38.6. The quantitative estimate of drug-likeness (QED) is 0.486. The van der Waals surface area contributed by atoms with Gasteiger partial charge in [0.2, 0.25) is 0 Å². The molecule has 0 heterocycles. The van der Waals surface area contributed by atoms with Crippen LogP contribution >= 0.6 is 0 Å². The molecular formula is C26H33N2O5+. The van der Waals surface area contributed by atoms with E-state index >= 15 is 0 Å². The zero-order chi connectivity index (χ0) is 24.2. The number of nitrogens with one attached hydrogen (secondary N) is 1. The second kappa shape index (κ2) is 9.75. The van der Waals surface area contributed by atoms with Gasteiger partial charge in [0.15, 0.2) is 12.1 Å². The number of hydrogen-bond donors (Lipinski definition) is 1. The molecule has 7 heteroatoms. The second-order valence-corrected chi connectivity index (χ2v) is 9.32. The molecule has 1 aliphatic carbocycles. The molecule has 0 unspecified atom stereocenters. The van der Waals surface area contributed by atoms with Gasteiger partial charge in [-0.3, -0.25) is 4.79 Å². The van der Waals surface area contributed by atoms with Crippen LogP contribution in [-0.4, -0.2) is 55.6 Å². The first-order valence-corrected chi connectivity index (χ1v) is 11.1. The molecule has 176 valence electrons. The fourth-order valence-electron chi connectivity index (χ4n) is 4.51. The summed E-state index contributed by atoms with van der Waals surface area (Å²) in [6.07, 6.45) is 2.19. The third kappa shape index (κ3) is 5.09. The summed E-state index contributed by atoms with van der Waals surface area (Å²) >= 11 is 0. The van der Waals surface area contributed by atoms with Crippen molar-refractivity contribution < 1.29 is 28.3 Å². The van der Waals surface area contributed by atoms with E-state index in [1.165, 1.54) is 7.11 Å². The molecule has 1 amide bonds. The number of methoxy groups -OCH3 is 1. The minimum Gasteiger partial charge on any atom is -0.465 e. The number of hydrogen-bond acceptors (Lipinski definition) is 5. The van der Waals surface area contributed by atoms with Crippen molar-refractivity contribution in [3.63, 3.8) is 0 Å². The van der Waals surface area contributed by atoms with Gasteiger partial charge >= 0.3 is 11.9 Å². The summed E-state index contributed by atoms with van der Waals surface area (Å²) < 4.78 is 10.6. The van der Waals surface area contributed by atoms with Crippen molar-refractivity contribution in [1.82, 2.24) is 0 Å². The molecule has 0 aromatic heterocycles. The number of likely N-dealkylation sites (N-methyl/N-ethyl adjacent to an activating group) is 1. The third-order valence-corrected chi connectivity index (χ3v) is 6.65. The van der Waals surface area contributed by atoms with Crippen molar-refractivity contribution in [2.45, 2.75) is 45.3 Å². The molecule has 1 aliphatic rings. The van der Waals surface area contributed by atoms with E-state index in [1.807, 2.05) is 64.3 Å². The minimum atomic E-state index is -0.781. The lowest BCUT2D eigenvalue weighted by Gasteiger charge is -2.51. The van der Waals surface area contributed by atoms with Gasteiger partial charge in [0, 0.05) is 12.8 Å². The Hall–Kier alpha value is -3.19. The fraction of sp³-hybridized carbons (Fsp3) is 0.423. The number of anilines is 1. The highest BCUT2D eigenvalue weighted by atomic mass is 16.5. The average molecular weight is 454 g/mol. The molecular weight excluding hydrogens is 420 g/mol. The highest BCUT2D eigenvalue weighted by Gasteiger charge is 2.57. The molecule has 0 aliphatic heterocycles. The SMILES string of the molecule is COC(=O)c1cc(C)cc(C)c1NC(=O)C1([N+](C)(C)CC(=O)OCc2ccccc2)CCC1. The van der Waals surface area contributed by atoms with Crippen molar-refractivity contribution in [2.75, 3.05) is 33.1 Å². The normalized spacial score (nSPS) is 14.7. The summed E-state index contributed by atoms with van der Waals surface area (Å²) in [5.41, 5.74) is 2.60. The van der Waals surface area contributed by atoms with E-state index in [2.05, 4.69) is 5.32 Å². The van der Waals surface area contributed by atoms with Crippen molar-refractivity contribution >= 4 is 23.5 Å². The summed E-state index contributed by atoms with van der Waals surface area (Å²) in [7, 11) is 5.08. The van der Waals surface area contributed by atoms with Crippen LogP contribution in [0.1, 0.15) is 46.3 Å². The van der Waals surface area contributed by atoms with Crippen molar-refractivity contribution in [3.05, 3.63) is 64.7 Å². The van der Waals surface area contributed by atoms with Gasteiger partial charge in [-0.1, -0.05) is 36.4 Å². The van der Waals surface area contributed by atoms with Gasteiger partial charge in [-0.15, -0.1) is 0 Å². The smallest absolute Gasteiger partial charge is 0.362 e. The lowest BCUT2D eigenvalue weighted by molar-refractivity contribution is -0.931. The van der Waals surface area contributed by atoms with Crippen molar-refractivity contribution in [2.24, 2.45) is 0 Å². The van der Waals surface area contributed by atoms with E-state index < -0.39 is 11.5 Å². The Morgan fingerprint density at radius 1 is 1.06 bits per heavy atom. The Bertz CT molecular complexity index is 1040. The molecule has 3 rings (SSSR count). The van der Waals surface area contributed by atoms with Gasteiger partial charge in [0.1, 0.15) is 6.61 Å². The molecule has 33 heavy (non-hydrogen) atoms. The zero-order valence-electron chi connectivity index (χ0n) is 20.1. The number of carbonyl (C=O) groups excluding carboxylic acids is 3. The summed E-state index contributed by atoms with van der Waals surface area (Å²) in [5.74, 6) is -1.06. The maximum Gasteiger partial charge on any atom is 0.362 e. The number of nitrogens with zero attached hydrogens (tertiary/aromatic N) is 1. The lowest BCUT2D eigenvalue weighted by Crippen LogP contribution is -2.70. The van der Waals surface area contributed by atoms with Gasteiger partial charge in [0.05, 0.1) is 32.5 Å². The Morgan fingerprint density at radius 3 is 2.30 bits per heavy atom. The van der Waals surface area contributed by atoms with E-state index in [9.17, 15) is 14.4 Å². The van der Waals surface area contributed by atoms with Gasteiger partial charge in [-0.05, 0) is 43.0 Å².